The molecule has 0 spiro atoms. The third-order valence-corrected chi connectivity index (χ3v) is 5.26. The first-order valence-electron chi connectivity index (χ1n) is 10.5. The van der Waals surface area contributed by atoms with Gasteiger partial charge in [-0.15, -0.1) is 0 Å². The fourth-order valence-corrected chi connectivity index (χ4v) is 3.64. The summed E-state index contributed by atoms with van der Waals surface area (Å²) in [6, 6.07) is 23.6. The van der Waals surface area contributed by atoms with Crippen molar-refractivity contribution in [2.24, 2.45) is 0 Å². The van der Waals surface area contributed by atoms with Crippen LogP contribution in [0.2, 0.25) is 0 Å². The van der Waals surface area contributed by atoms with E-state index in [2.05, 4.69) is 9.80 Å². The number of rotatable bonds is 8. The highest BCUT2D eigenvalue weighted by Crippen LogP contribution is 2.25. The van der Waals surface area contributed by atoms with Gasteiger partial charge in [-0.3, -0.25) is 4.90 Å². The van der Waals surface area contributed by atoms with Crippen LogP contribution < -0.4 is 14.4 Å². The Morgan fingerprint density at radius 3 is 2.23 bits per heavy atom. The number of benzene rings is 3. The summed E-state index contributed by atoms with van der Waals surface area (Å²) in [5.74, 6) is 1.89. The number of aliphatic hydroxyl groups excluding tert-OH is 1. The first-order chi connectivity index (χ1) is 15.2. The van der Waals surface area contributed by atoms with E-state index in [0.717, 1.165) is 37.6 Å². The van der Waals surface area contributed by atoms with Gasteiger partial charge in [-0.05, 0) is 48.5 Å². The number of halogens is 1. The van der Waals surface area contributed by atoms with Crippen LogP contribution in [0.4, 0.5) is 10.1 Å². The minimum Gasteiger partial charge on any atom is -0.491 e. The van der Waals surface area contributed by atoms with Gasteiger partial charge in [0.1, 0.15) is 35.8 Å². The van der Waals surface area contributed by atoms with Crippen molar-refractivity contribution in [3.05, 3.63) is 84.7 Å². The van der Waals surface area contributed by atoms with Gasteiger partial charge in [-0.1, -0.05) is 24.3 Å². The molecule has 0 saturated carbocycles. The van der Waals surface area contributed by atoms with E-state index in [4.69, 9.17) is 9.47 Å². The van der Waals surface area contributed by atoms with Crippen molar-refractivity contribution in [2.45, 2.75) is 6.10 Å². The zero-order valence-corrected chi connectivity index (χ0v) is 17.4. The van der Waals surface area contributed by atoms with E-state index < -0.39 is 6.10 Å². The maximum atomic E-state index is 13.1. The lowest BCUT2D eigenvalue weighted by molar-refractivity contribution is 0.0662. The maximum Gasteiger partial charge on any atom is 0.131 e. The Morgan fingerprint density at radius 2 is 1.48 bits per heavy atom. The molecule has 162 valence electrons. The second kappa shape index (κ2) is 10.3. The summed E-state index contributed by atoms with van der Waals surface area (Å²) in [7, 11) is 0. The standard InChI is InChI=1S/C25H27FN2O3/c26-20-9-11-21(12-10-20)28-15-13-27(14-16-28)18-22(29)19-30-24-7-4-8-25(17-24)31-23-5-2-1-3-6-23/h1-12,17,22,29H,13-16,18-19H2/t22-/m1/s1. The van der Waals surface area contributed by atoms with E-state index in [1.807, 2.05) is 66.7 Å². The summed E-state index contributed by atoms with van der Waals surface area (Å²) >= 11 is 0. The van der Waals surface area contributed by atoms with Crippen LogP contribution in [-0.2, 0) is 0 Å². The molecule has 0 aromatic heterocycles. The zero-order valence-electron chi connectivity index (χ0n) is 17.4. The van der Waals surface area contributed by atoms with Crippen LogP contribution in [-0.4, -0.2) is 55.4 Å². The molecule has 0 amide bonds. The minimum atomic E-state index is -0.587. The maximum absolute atomic E-state index is 13.1. The molecule has 0 unspecified atom stereocenters. The van der Waals surface area contributed by atoms with Crippen LogP contribution in [0.1, 0.15) is 0 Å². The fourth-order valence-electron chi connectivity index (χ4n) is 3.64. The van der Waals surface area contributed by atoms with Crippen LogP contribution in [0.15, 0.2) is 78.9 Å². The van der Waals surface area contributed by atoms with Crippen molar-refractivity contribution in [1.82, 2.24) is 4.90 Å². The molecule has 3 aromatic rings. The molecule has 1 saturated heterocycles. The van der Waals surface area contributed by atoms with Crippen LogP contribution in [0.25, 0.3) is 0 Å². The number of nitrogens with zero attached hydrogens (tertiary/aromatic N) is 2. The second-order valence-electron chi connectivity index (χ2n) is 7.62. The van der Waals surface area contributed by atoms with Crippen LogP contribution in [0, 0.1) is 5.82 Å². The molecular formula is C25H27FN2O3. The number of anilines is 1. The van der Waals surface area contributed by atoms with E-state index >= 15 is 0 Å². The van der Waals surface area contributed by atoms with Gasteiger partial charge >= 0.3 is 0 Å². The Morgan fingerprint density at radius 1 is 0.806 bits per heavy atom. The molecule has 4 rings (SSSR count). The van der Waals surface area contributed by atoms with Crippen molar-refractivity contribution < 1.29 is 19.0 Å². The lowest BCUT2D eigenvalue weighted by Gasteiger charge is -2.36. The fraction of sp³-hybridized carbons (Fsp3) is 0.280. The molecule has 6 heteroatoms. The van der Waals surface area contributed by atoms with Gasteiger partial charge in [0, 0.05) is 44.5 Å². The third kappa shape index (κ3) is 6.20. The van der Waals surface area contributed by atoms with E-state index in [9.17, 15) is 9.50 Å². The highest BCUT2D eigenvalue weighted by atomic mass is 19.1. The van der Waals surface area contributed by atoms with Crippen molar-refractivity contribution in [1.29, 1.82) is 0 Å². The number of hydrogen-bond acceptors (Lipinski definition) is 5. The van der Waals surface area contributed by atoms with Crippen molar-refractivity contribution in [2.75, 3.05) is 44.2 Å². The average molecular weight is 423 g/mol. The van der Waals surface area contributed by atoms with Crippen LogP contribution in [0.3, 0.4) is 0 Å². The molecule has 1 aliphatic heterocycles. The molecule has 1 N–H and O–H groups in total. The third-order valence-electron chi connectivity index (χ3n) is 5.26. The summed E-state index contributed by atoms with van der Waals surface area (Å²) in [4.78, 5) is 4.46. The summed E-state index contributed by atoms with van der Waals surface area (Å²) in [6.07, 6.45) is -0.587. The lowest BCUT2D eigenvalue weighted by atomic mass is 10.2. The summed E-state index contributed by atoms with van der Waals surface area (Å²) in [5.41, 5.74) is 1.03. The van der Waals surface area contributed by atoms with E-state index in [0.29, 0.717) is 18.0 Å². The molecule has 3 aromatic carbocycles. The largest absolute Gasteiger partial charge is 0.491 e. The van der Waals surface area contributed by atoms with E-state index in [1.54, 1.807) is 0 Å². The van der Waals surface area contributed by atoms with Crippen molar-refractivity contribution in [3.63, 3.8) is 0 Å². The molecule has 5 nitrogen and oxygen atoms in total. The number of aliphatic hydroxyl groups is 1. The SMILES string of the molecule is O[C@@H](COc1cccc(Oc2ccccc2)c1)CN1CCN(c2ccc(F)cc2)CC1. The number of hydrogen-bond donors (Lipinski definition) is 1. The molecule has 1 aliphatic rings. The van der Waals surface area contributed by atoms with Gasteiger partial charge in [0.25, 0.3) is 0 Å². The molecule has 0 aliphatic carbocycles. The van der Waals surface area contributed by atoms with Crippen molar-refractivity contribution >= 4 is 5.69 Å². The highest BCUT2D eigenvalue weighted by Gasteiger charge is 2.20. The normalized spacial score (nSPS) is 15.5. The zero-order chi connectivity index (χ0) is 21.5. The first-order valence-corrected chi connectivity index (χ1v) is 10.5. The number of para-hydroxylation sites is 1. The number of ether oxygens (including phenoxy) is 2. The van der Waals surface area contributed by atoms with E-state index in [1.165, 1.54) is 12.1 Å². The second-order valence-corrected chi connectivity index (χ2v) is 7.62. The van der Waals surface area contributed by atoms with Gasteiger partial charge in [-0.2, -0.15) is 0 Å². The van der Waals surface area contributed by atoms with Crippen LogP contribution in [0.5, 0.6) is 17.2 Å². The van der Waals surface area contributed by atoms with Crippen LogP contribution >= 0.6 is 0 Å². The number of β-amino-alcohol motifs (C(OH)–C–C–N with tert-alkyl or cyclic N) is 1. The Kier molecular flexibility index (Phi) is 7.02. The molecular weight excluding hydrogens is 395 g/mol. The quantitative estimate of drug-likeness (QED) is 0.590. The Labute approximate surface area is 182 Å². The van der Waals surface area contributed by atoms with Crippen molar-refractivity contribution in [3.8, 4) is 17.2 Å². The number of piperazine rings is 1. The molecule has 1 fully saturated rings. The van der Waals surface area contributed by atoms with Gasteiger partial charge < -0.3 is 19.5 Å². The molecule has 0 radical (unpaired) electrons. The Hall–Kier alpha value is -3.09. The molecule has 1 heterocycles. The van der Waals surface area contributed by atoms with Gasteiger partial charge in [0.15, 0.2) is 0 Å². The predicted octanol–water partition coefficient (Wildman–Crippen LogP) is 4.18. The topological polar surface area (TPSA) is 45.2 Å². The summed E-state index contributed by atoms with van der Waals surface area (Å²) < 4.78 is 24.7. The Bertz CT molecular complexity index is 944. The summed E-state index contributed by atoms with van der Waals surface area (Å²) in [5, 5.41) is 10.4. The minimum absolute atomic E-state index is 0.215. The lowest BCUT2D eigenvalue weighted by Crippen LogP contribution is -2.49. The highest BCUT2D eigenvalue weighted by molar-refractivity contribution is 5.46. The Balaban J connectivity index is 1.21. The molecule has 0 bridgehead atoms. The smallest absolute Gasteiger partial charge is 0.131 e. The monoisotopic (exact) mass is 422 g/mol. The van der Waals surface area contributed by atoms with Gasteiger partial charge in [-0.25, -0.2) is 4.39 Å². The van der Waals surface area contributed by atoms with Gasteiger partial charge in [0.05, 0.1) is 0 Å². The molecule has 31 heavy (non-hydrogen) atoms. The average Bonchev–Trinajstić information content (AvgIpc) is 2.80. The van der Waals surface area contributed by atoms with E-state index in [-0.39, 0.29) is 12.4 Å². The molecule has 1 atom stereocenters. The summed E-state index contributed by atoms with van der Waals surface area (Å²) in [6.45, 7) is 4.14. The predicted molar refractivity (Wildman–Crippen MR) is 120 cm³/mol. The first kappa shape index (κ1) is 21.2. The van der Waals surface area contributed by atoms with Gasteiger partial charge in [0.2, 0.25) is 0 Å².